The third-order valence-electron chi connectivity index (χ3n) is 2.44. The quantitative estimate of drug-likeness (QED) is 0.831. The average molecular weight is 247 g/mol. The molecule has 2 aromatic rings. The predicted molar refractivity (Wildman–Crippen MR) is 71.1 cm³/mol. The maximum absolute atomic E-state index is 5.42. The van der Waals surface area contributed by atoms with E-state index in [2.05, 4.69) is 15.5 Å². The van der Waals surface area contributed by atoms with Crippen LogP contribution in [0.15, 0.2) is 28.7 Å². The first-order valence-corrected chi connectivity index (χ1v) is 5.76. The van der Waals surface area contributed by atoms with E-state index in [0.717, 1.165) is 11.4 Å². The number of benzene rings is 1. The number of nitrogens with two attached hydrogens (primary N) is 1. The lowest BCUT2D eigenvalue weighted by Crippen LogP contribution is -2.08. The molecule has 6 heteroatoms. The number of hydrogen-bond donors (Lipinski definition) is 2. The summed E-state index contributed by atoms with van der Waals surface area (Å²) in [5.41, 5.74) is 7.43. The first kappa shape index (κ1) is 12.4. The van der Waals surface area contributed by atoms with Gasteiger partial charge in [-0.2, -0.15) is 0 Å². The summed E-state index contributed by atoms with van der Waals surface area (Å²) in [4.78, 5) is 2.03. The average Bonchev–Trinajstić information content (AvgIpc) is 2.77. The highest BCUT2D eigenvalue weighted by molar-refractivity contribution is 5.60. The van der Waals surface area contributed by atoms with Gasteiger partial charge in [0.2, 0.25) is 5.89 Å². The fraction of sp³-hybridized carbons (Fsp3) is 0.333. The molecule has 3 N–H and O–H groups in total. The first-order valence-electron chi connectivity index (χ1n) is 5.76. The number of rotatable bonds is 5. The van der Waals surface area contributed by atoms with E-state index in [1.54, 1.807) is 0 Å². The lowest BCUT2D eigenvalue weighted by atomic mass is 10.2. The minimum absolute atomic E-state index is 0.384. The van der Waals surface area contributed by atoms with Gasteiger partial charge in [0.1, 0.15) is 0 Å². The standard InChI is InChI=1S/C12H17N5O/c1-17(2)10-5-3-4-9(8-10)14-12-16-15-11(18-12)6-7-13/h3-5,8H,6-7,13H2,1-2H3,(H,14,16). The summed E-state index contributed by atoms with van der Waals surface area (Å²) >= 11 is 0. The second-order valence-corrected chi connectivity index (χ2v) is 4.11. The first-order chi connectivity index (χ1) is 8.69. The SMILES string of the molecule is CN(C)c1cccc(Nc2nnc(CCN)o2)c1. The summed E-state index contributed by atoms with van der Waals surface area (Å²) < 4.78 is 5.40. The van der Waals surface area contributed by atoms with Gasteiger partial charge in [-0.1, -0.05) is 11.2 Å². The molecule has 0 atom stereocenters. The van der Waals surface area contributed by atoms with E-state index in [0.29, 0.717) is 24.9 Å². The Labute approximate surface area is 106 Å². The molecule has 0 aliphatic carbocycles. The van der Waals surface area contributed by atoms with E-state index in [9.17, 15) is 0 Å². The molecule has 6 nitrogen and oxygen atoms in total. The fourth-order valence-electron chi connectivity index (χ4n) is 1.51. The molecule has 0 fully saturated rings. The molecule has 0 bridgehead atoms. The Bertz CT molecular complexity index is 509. The molecule has 0 aliphatic rings. The second kappa shape index (κ2) is 5.50. The molecule has 0 saturated carbocycles. The Morgan fingerprint density at radius 3 is 2.89 bits per heavy atom. The minimum atomic E-state index is 0.384. The predicted octanol–water partition coefficient (Wildman–Crippen LogP) is 1.38. The third kappa shape index (κ3) is 2.98. The van der Waals surface area contributed by atoms with E-state index >= 15 is 0 Å². The lowest BCUT2D eigenvalue weighted by molar-refractivity contribution is 0.510. The van der Waals surface area contributed by atoms with Crippen molar-refractivity contribution < 1.29 is 4.42 Å². The van der Waals surface area contributed by atoms with Crippen molar-refractivity contribution in [2.75, 3.05) is 30.9 Å². The number of nitrogens with one attached hydrogen (secondary N) is 1. The zero-order chi connectivity index (χ0) is 13.0. The molecule has 1 heterocycles. The van der Waals surface area contributed by atoms with Gasteiger partial charge in [0, 0.05) is 38.4 Å². The van der Waals surface area contributed by atoms with Crippen molar-refractivity contribution in [2.45, 2.75) is 6.42 Å². The van der Waals surface area contributed by atoms with Gasteiger partial charge in [-0.25, -0.2) is 0 Å². The van der Waals surface area contributed by atoms with Crippen molar-refractivity contribution in [3.05, 3.63) is 30.2 Å². The summed E-state index contributed by atoms with van der Waals surface area (Å²) in [5.74, 6) is 0.545. The minimum Gasteiger partial charge on any atom is -0.408 e. The van der Waals surface area contributed by atoms with Crippen molar-refractivity contribution in [1.82, 2.24) is 10.2 Å². The number of nitrogens with zero attached hydrogens (tertiary/aromatic N) is 3. The van der Waals surface area contributed by atoms with Crippen LogP contribution in [0.2, 0.25) is 0 Å². The highest BCUT2D eigenvalue weighted by Gasteiger charge is 2.05. The van der Waals surface area contributed by atoms with Crippen LogP contribution >= 0.6 is 0 Å². The van der Waals surface area contributed by atoms with Crippen LogP contribution in [0.1, 0.15) is 5.89 Å². The van der Waals surface area contributed by atoms with Crippen molar-refractivity contribution in [2.24, 2.45) is 5.73 Å². The van der Waals surface area contributed by atoms with Crippen molar-refractivity contribution in [3.63, 3.8) is 0 Å². The maximum atomic E-state index is 5.42. The molecule has 0 unspecified atom stereocenters. The van der Waals surface area contributed by atoms with Crippen LogP contribution in [0.5, 0.6) is 0 Å². The number of hydrogen-bond acceptors (Lipinski definition) is 6. The van der Waals surface area contributed by atoms with Crippen LogP contribution in [0.25, 0.3) is 0 Å². The smallest absolute Gasteiger partial charge is 0.320 e. The molecule has 0 saturated heterocycles. The van der Waals surface area contributed by atoms with Gasteiger partial charge in [-0.05, 0) is 18.2 Å². The van der Waals surface area contributed by atoms with Gasteiger partial charge in [-0.15, -0.1) is 5.10 Å². The monoisotopic (exact) mass is 247 g/mol. The molecule has 0 amide bonds. The topological polar surface area (TPSA) is 80.2 Å². The Balaban J connectivity index is 2.10. The van der Waals surface area contributed by atoms with Gasteiger partial charge < -0.3 is 20.4 Å². The number of aromatic nitrogens is 2. The molecule has 18 heavy (non-hydrogen) atoms. The highest BCUT2D eigenvalue weighted by Crippen LogP contribution is 2.20. The second-order valence-electron chi connectivity index (χ2n) is 4.11. The Hall–Kier alpha value is -2.08. The fourth-order valence-corrected chi connectivity index (χ4v) is 1.51. The molecule has 2 rings (SSSR count). The van der Waals surface area contributed by atoms with Gasteiger partial charge in [-0.3, -0.25) is 0 Å². The van der Waals surface area contributed by atoms with E-state index in [4.69, 9.17) is 10.2 Å². The van der Waals surface area contributed by atoms with Crippen molar-refractivity contribution in [3.8, 4) is 0 Å². The van der Waals surface area contributed by atoms with Gasteiger partial charge in [0.05, 0.1) is 0 Å². The van der Waals surface area contributed by atoms with E-state index in [1.807, 2.05) is 43.3 Å². The molecule has 1 aromatic carbocycles. The van der Waals surface area contributed by atoms with E-state index in [-0.39, 0.29) is 0 Å². The van der Waals surface area contributed by atoms with E-state index < -0.39 is 0 Å². The molecular weight excluding hydrogens is 230 g/mol. The van der Waals surface area contributed by atoms with Crippen molar-refractivity contribution in [1.29, 1.82) is 0 Å². The zero-order valence-corrected chi connectivity index (χ0v) is 10.6. The van der Waals surface area contributed by atoms with Crippen LogP contribution in [-0.2, 0) is 6.42 Å². The summed E-state index contributed by atoms with van der Waals surface area (Å²) in [6.45, 7) is 0.498. The van der Waals surface area contributed by atoms with Crippen molar-refractivity contribution >= 4 is 17.4 Å². The Kier molecular flexibility index (Phi) is 3.78. The van der Waals surface area contributed by atoms with Crippen LogP contribution in [0.4, 0.5) is 17.4 Å². The Morgan fingerprint density at radius 1 is 1.33 bits per heavy atom. The number of anilines is 3. The maximum Gasteiger partial charge on any atom is 0.320 e. The lowest BCUT2D eigenvalue weighted by Gasteiger charge is -2.13. The van der Waals surface area contributed by atoms with Crippen LogP contribution in [-0.4, -0.2) is 30.8 Å². The largest absolute Gasteiger partial charge is 0.408 e. The molecule has 1 aromatic heterocycles. The summed E-state index contributed by atoms with van der Waals surface area (Å²) in [6.07, 6.45) is 0.590. The van der Waals surface area contributed by atoms with E-state index in [1.165, 1.54) is 0 Å². The summed E-state index contributed by atoms with van der Waals surface area (Å²) in [6, 6.07) is 8.33. The van der Waals surface area contributed by atoms with Gasteiger partial charge >= 0.3 is 6.01 Å². The summed E-state index contributed by atoms with van der Waals surface area (Å²) in [5, 5.41) is 10.9. The molecule has 0 spiro atoms. The van der Waals surface area contributed by atoms with Crippen LogP contribution in [0, 0.1) is 0 Å². The summed E-state index contributed by atoms with van der Waals surface area (Å²) in [7, 11) is 3.98. The molecule has 0 aliphatic heterocycles. The zero-order valence-electron chi connectivity index (χ0n) is 10.6. The Morgan fingerprint density at radius 2 is 2.17 bits per heavy atom. The molecular formula is C12H17N5O. The van der Waals surface area contributed by atoms with Gasteiger partial charge in [0.15, 0.2) is 0 Å². The normalized spacial score (nSPS) is 10.4. The molecule has 0 radical (unpaired) electrons. The third-order valence-corrected chi connectivity index (χ3v) is 2.44. The highest BCUT2D eigenvalue weighted by atomic mass is 16.4. The van der Waals surface area contributed by atoms with Crippen LogP contribution < -0.4 is 16.0 Å². The molecule has 96 valence electrons. The van der Waals surface area contributed by atoms with Crippen LogP contribution in [0.3, 0.4) is 0 Å². The van der Waals surface area contributed by atoms with Gasteiger partial charge in [0.25, 0.3) is 0 Å².